The average molecular weight is 471 g/mol. The first-order valence-corrected chi connectivity index (χ1v) is 13.2. The minimum atomic E-state index is -3.57. The van der Waals surface area contributed by atoms with Crippen molar-refractivity contribution in [3.05, 3.63) is 54.1 Å². The standard InChI is InChI=1S/C25H34N4O3S/c1-27-16-18-29(19-17-27)24-11-7-6-10-23(24)26-25(30)20-12-14-22(15-13-20)33(31,32)28(2)21-8-4-3-5-9-21/h6-7,10-15,21H,3-5,8-9,16-19H2,1-2H3,(H,26,30). The predicted octanol–water partition coefficient (Wildman–Crippen LogP) is 3.64. The van der Waals surface area contributed by atoms with E-state index in [9.17, 15) is 13.2 Å². The van der Waals surface area contributed by atoms with Crippen molar-refractivity contribution in [1.29, 1.82) is 0 Å². The van der Waals surface area contributed by atoms with Gasteiger partial charge in [-0.2, -0.15) is 4.31 Å². The Morgan fingerprint density at radius 3 is 2.24 bits per heavy atom. The third-order valence-electron chi connectivity index (χ3n) is 6.88. The number of carbonyl (C=O) groups excluding carboxylic acids is 1. The monoisotopic (exact) mass is 470 g/mol. The molecule has 0 radical (unpaired) electrons. The van der Waals surface area contributed by atoms with Gasteiger partial charge >= 0.3 is 0 Å². The molecule has 1 aliphatic carbocycles. The summed E-state index contributed by atoms with van der Waals surface area (Å²) in [6.07, 6.45) is 5.12. The zero-order valence-electron chi connectivity index (χ0n) is 19.5. The molecule has 2 aromatic carbocycles. The van der Waals surface area contributed by atoms with Crippen LogP contribution in [-0.4, -0.2) is 69.8 Å². The number of benzene rings is 2. The molecule has 33 heavy (non-hydrogen) atoms. The molecule has 1 aliphatic heterocycles. The van der Waals surface area contributed by atoms with Gasteiger partial charge in [0, 0.05) is 44.8 Å². The second-order valence-electron chi connectivity index (χ2n) is 9.10. The molecule has 1 amide bonds. The Morgan fingerprint density at radius 1 is 0.939 bits per heavy atom. The molecule has 0 spiro atoms. The molecule has 4 rings (SSSR count). The van der Waals surface area contributed by atoms with Crippen molar-refractivity contribution in [2.45, 2.75) is 43.0 Å². The Bertz CT molecular complexity index is 1060. The SMILES string of the molecule is CN1CCN(c2ccccc2NC(=O)c2ccc(S(=O)(=O)N(C)C3CCCCC3)cc2)CC1. The minimum Gasteiger partial charge on any atom is -0.367 e. The van der Waals surface area contributed by atoms with E-state index >= 15 is 0 Å². The van der Waals surface area contributed by atoms with Crippen LogP contribution in [-0.2, 0) is 10.0 Å². The van der Waals surface area contributed by atoms with E-state index in [1.165, 1.54) is 22.9 Å². The normalized spacial score (nSPS) is 18.5. The smallest absolute Gasteiger partial charge is 0.255 e. The first-order valence-electron chi connectivity index (χ1n) is 11.8. The van der Waals surface area contributed by atoms with Gasteiger partial charge in [0.05, 0.1) is 16.3 Å². The number of para-hydroxylation sites is 2. The summed E-state index contributed by atoms with van der Waals surface area (Å²) < 4.78 is 27.6. The maximum atomic E-state index is 13.1. The topological polar surface area (TPSA) is 73.0 Å². The first-order chi connectivity index (χ1) is 15.9. The fourth-order valence-electron chi connectivity index (χ4n) is 4.68. The number of nitrogens with zero attached hydrogens (tertiary/aromatic N) is 3. The predicted molar refractivity (Wildman–Crippen MR) is 132 cm³/mol. The number of hydrogen-bond acceptors (Lipinski definition) is 5. The van der Waals surface area contributed by atoms with E-state index in [-0.39, 0.29) is 16.8 Å². The zero-order chi connectivity index (χ0) is 23.4. The summed E-state index contributed by atoms with van der Waals surface area (Å²) in [6, 6.07) is 14.1. The number of sulfonamides is 1. The maximum absolute atomic E-state index is 13.1. The fourth-order valence-corrected chi connectivity index (χ4v) is 6.10. The molecule has 178 valence electrons. The summed E-state index contributed by atoms with van der Waals surface area (Å²) in [7, 11) is 0.206. The van der Waals surface area contributed by atoms with Crippen molar-refractivity contribution in [2.24, 2.45) is 0 Å². The maximum Gasteiger partial charge on any atom is 0.255 e. The van der Waals surface area contributed by atoms with Gasteiger partial charge in [0.25, 0.3) is 5.91 Å². The molecule has 1 saturated heterocycles. The van der Waals surface area contributed by atoms with Crippen molar-refractivity contribution >= 4 is 27.3 Å². The van der Waals surface area contributed by atoms with E-state index in [2.05, 4.69) is 22.2 Å². The van der Waals surface area contributed by atoms with Gasteiger partial charge in [-0.15, -0.1) is 0 Å². The summed E-state index contributed by atoms with van der Waals surface area (Å²) in [5.41, 5.74) is 2.20. The molecular weight excluding hydrogens is 436 g/mol. The van der Waals surface area contributed by atoms with E-state index in [1.54, 1.807) is 19.2 Å². The van der Waals surface area contributed by atoms with E-state index in [1.807, 2.05) is 24.3 Å². The second-order valence-corrected chi connectivity index (χ2v) is 11.1. The molecule has 0 unspecified atom stereocenters. The van der Waals surface area contributed by atoms with Gasteiger partial charge in [-0.05, 0) is 56.3 Å². The molecule has 1 saturated carbocycles. The second kappa shape index (κ2) is 10.2. The molecular formula is C25H34N4O3S. The van der Waals surface area contributed by atoms with Crippen LogP contribution in [0.25, 0.3) is 0 Å². The van der Waals surface area contributed by atoms with Crippen LogP contribution in [0, 0.1) is 0 Å². The zero-order valence-corrected chi connectivity index (χ0v) is 20.4. The van der Waals surface area contributed by atoms with Crippen molar-refractivity contribution in [3.63, 3.8) is 0 Å². The molecule has 2 fully saturated rings. The highest BCUT2D eigenvalue weighted by Crippen LogP contribution is 2.28. The van der Waals surface area contributed by atoms with Crippen LogP contribution >= 0.6 is 0 Å². The number of carbonyl (C=O) groups is 1. The molecule has 2 aliphatic rings. The molecule has 0 bridgehead atoms. The number of likely N-dealkylation sites (N-methyl/N-ethyl adjacent to an activating group) is 1. The van der Waals surface area contributed by atoms with E-state index in [0.717, 1.165) is 63.2 Å². The Labute approximate surface area is 197 Å². The Balaban J connectivity index is 1.46. The van der Waals surface area contributed by atoms with Crippen LogP contribution in [0.5, 0.6) is 0 Å². The molecule has 2 aromatic rings. The van der Waals surface area contributed by atoms with E-state index in [4.69, 9.17) is 0 Å². The van der Waals surface area contributed by atoms with Gasteiger partial charge in [0.15, 0.2) is 0 Å². The van der Waals surface area contributed by atoms with Gasteiger partial charge < -0.3 is 15.1 Å². The first kappa shape index (κ1) is 23.7. The highest BCUT2D eigenvalue weighted by molar-refractivity contribution is 7.89. The lowest BCUT2D eigenvalue weighted by Gasteiger charge is -2.35. The van der Waals surface area contributed by atoms with Gasteiger partial charge in [0.1, 0.15) is 0 Å². The summed E-state index contributed by atoms with van der Waals surface area (Å²) in [6.45, 7) is 3.77. The number of piperazine rings is 1. The lowest BCUT2D eigenvalue weighted by Crippen LogP contribution is -2.44. The van der Waals surface area contributed by atoms with Gasteiger partial charge in [-0.1, -0.05) is 31.4 Å². The van der Waals surface area contributed by atoms with Gasteiger partial charge in [0.2, 0.25) is 10.0 Å². The summed E-state index contributed by atoms with van der Waals surface area (Å²) in [5.74, 6) is -0.249. The van der Waals surface area contributed by atoms with Gasteiger partial charge in [-0.25, -0.2) is 8.42 Å². The van der Waals surface area contributed by atoms with Crippen LogP contribution in [0.2, 0.25) is 0 Å². The average Bonchev–Trinajstić information content (AvgIpc) is 2.85. The molecule has 7 nitrogen and oxygen atoms in total. The Morgan fingerprint density at radius 2 is 1.58 bits per heavy atom. The highest BCUT2D eigenvalue weighted by Gasteiger charge is 2.29. The van der Waals surface area contributed by atoms with Crippen LogP contribution in [0.4, 0.5) is 11.4 Å². The highest BCUT2D eigenvalue weighted by atomic mass is 32.2. The number of amides is 1. The van der Waals surface area contributed by atoms with Crippen LogP contribution < -0.4 is 10.2 Å². The lowest BCUT2D eigenvalue weighted by atomic mass is 9.96. The minimum absolute atomic E-state index is 0.0535. The Kier molecular flexibility index (Phi) is 7.36. The van der Waals surface area contributed by atoms with Crippen molar-refractivity contribution in [3.8, 4) is 0 Å². The summed E-state index contributed by atoms with van der Waals surface area (Å²) in [4.78, 5) is 17.7. The fraction of sp³-hybridized carbons (Fsp3) is 0.480. The molecule has 0 atom stereocenters. The molecule has 0 aromatic heterocycles. The van der Waals surface area contributed by atoms with Crippen molar-refractivity contribution in [1.82, 2.24) is 9.21 Å². The molecule has 8 heteroatoms. The molecule has 1 N–H and O–H groups in total. The van der Waals surface area contributed by atoms with Crippen molar-refractivity contribution < 1.29 is 13.2 Å². The van der Waals surface area contributed by atoms with Crippen molar-refractivity contribution in [2.75, 3.05) is 50.5 Å². The van der Waals surface area contributed by atoms with Crippen LogP contribution in [0.3, 0.4) is 0 Å². The third kappa shape index (κ3) is 5.39. The quantitative estimate of drug-likeness (QED) is 0.698. The Hall–Kier alpha value is -2.42. The van der Waals surface area contributed by atoms with Gasteiger partial charge in [-0.3, -0.25) is 4.79 Å². The van der Waals surface area contributed by atoms with Crippen LogP contribution in [0.15, 0.2) is 53.4 Å². The third-order valence-corrected chi connectivity index (χ3v) is 8.80. The van der Waals surface area contributed by atoms with E-state index in [0.29, 0.717) is 5.56 Å². The number of rotatable bonds is 6. The summed E-state index contributed by atoms with van der Waals surface area (Å²) >= 11 is 0. The number of anilines is 2. The number of nitrogens with one attached hydrogen (secondary N) is 1. The van der Waals surface area contributed by atoms with Crippen LogP contribution in [0.1, 0.15) is 42.5 Å². The summed E-state index contributed by atoms with van der Waals surface area (Å²) in [5, 5.41) is 3.01. The van der Waals surface area contributed by atoms with E-state index < -0.39 is 10.0 Å². The lowest BCUT2D eigenvalue weighted by molar-refractivity contribution is 0.102. The molecule has 1 heterocycles. The number of hydrogen-bond donors (Lipinski definition) is 1. The largest absolute Gasteiger partial charge is 0.367 e.